The first kappa shape index (κ1) is 21.9. The van der Waals surface area contributed by atoms with Gasteiger partial charge in [0.25, 0.3) is 11.5 Å². The molecular weight excluding hydrogens is 426 g/mol. The Labute approximate surface area is 188 Å². The summed E-state index contributed by atoms with van der Waals surface area (Å²) in [6, 6.07) is 9.06. The van der Waals surface area contributed by atoms with Gasteiger partial charge in [0, 0.05) is 24.3 Å². The summed E-state index contributed by atoms with van der Waals surface area (Å²) in [6.45, 7) is -0.278. The number of hydrogen-bond donors (Lipinski definition) is 4. The molecule has 170 valence electrons. The van der Waals surface area contributed by atoms with Gasteiger partial charge in [-0.2, -0.15) is 0 Å². The molecule has 3 aromatic rings. The molecule has 0 aliphatic heterocycles. The Kier molecular flexibility index (Phi) is 6.53. The van der Waals surface area contributed by atoms with Crippen LogP contribution in [0, 0.1) is 0 Å². The summed E-state index contributed by atoms with van der Waals surface area (Å²) in [5, 5.41) is 16.7. The average molecular weight is 449 g/mol. The first-order valence-electron chi connectivity index (χ1n) is 10.4. The lowest BCUT2D eigenvalue weighted by molar-refractivity contribution is -0.117. The van der Waals surface area contributed by atoms with Crippen LogP contribution in [-0.2, 0) is 4.79 Å². The Balaban J connectivity index is 1.28. The highest BCUT2D eigenvalue weighted by Crippen LogP contribution is 2.24. The van der Waals surface area contributed by atoms with E-state index in [4.69, 9.17) is 5.73 Å². The minimum absolute atomic E-state index is 0.0000485. The molecule has 1 aliphatic carbocycles. The zero-order valence-corrected chi connectivity index (χ0v) is 17.6. The van der Waals surface area contributed by atoms with E-state index < -0.39 is 11.8 Å². The van der Waals surface area contributed by atoms with Crippen molar-refractivity contribution in [3.8, 4) is 5.69 Å². The van der Waals surface area contributed by atoms with Gasteiger partial charge in [-0.05, 0) is 37.5 Å². The molecule has 12 heteroatoms. The van der Waals surface area contributed by atoms with E-state index in [1.54, 1.807) is 24.5 Å². The lowest BCUT2D eigenvalue weighted by Crippen LogP contribution is -2.34. The summed E-state index contributed by atoms with van der Waals surface area (Å²) in [4.78, 5) is 43.0. The molecule has 12 nitrogen and oxygen atoms in total. The van der Waals surface area contributed by atoms with Crippen molar-refractivity contribution >= 4 is 23.6 Å². The lowest BCUT2D eigenvalue weighted by Gasteiger charge is -2.15. The van der Waals surface area contributed by atoms with Gasteiger partial charge >= 0.3 is 0 Å². The first-order valence-corrected chi connectivity index (χ1v) is 10.4. The summed E-state index contributed by atoms with van der Waals surface area (Å²) < 4.78 is 1.53. The fraction of sp³-hybridized carbons (Fsp3) is 0.286. The van der Waals surface area contributed by atoms with Crippen LogP contribution < -0.4 is 27.2 Å². The maximum Gasteiger partial charge on any atom is 0.273 e. The second-order valence-corrected chi connectivity index (χ2v) is 7.62. The third-order valence-electron chi connectivity index (χ3n) is 5.18. The van der Waals surface area contributed by atoms with Crippen molar-refractivity contribution in [3.05, 3.63) is 65.0 Å². The van der Waals surface area contributed by atoms with Crippen LogP contribution in [0.4, 0.5) is 11.8 Å². The molecule has 3 aromatic heterocycles. The molecule has 5 N–H and O–H groups in total. The van der Waals surface area contributed by atoms with Crippen LogP contribution in [0.2, 0.25) is 0 Å². The van der Waals surface area contributed by atoms with Gasteiger partial charge in [0.2, 0.25) is 11.9 Å². The van der Waals surface area contributed by atoms with Crippen LogP contribution in [-0.4, -0.2) is 55.2 Å². The maximum atomic E-state index is 11.9. The van der Waals surface area contributed by atoms with Gasteiger partial charge in [-0.3, -0.25) is 19.0 Å². The molecule has 0 bridgehead atoms. The predicted octanol–water partition coefficient (Wildman–Crippen LogP) is 0.0777. The summed E-state index contributed by atoms with van der Waals surface area (Å²) >= 11 is 0. The second kappa shape index (κ2) is 9.85. The highest BCUT2D eigenvalue weighted by molar-refractivity contribution is 5.94. The SMILES string of the molecule is NC(=O)CNC(=O)c1cnc(N[C@H]2CC[C@H](Nc3ccc(-n4ccccc4=O)cn3)C2)nn1. The average Bonchev–Trinajstić information content (AvgIpc) is 3.25. The number of nitrogens with zero attached hydrogens (tertiary/aromatic N) is 5. The Hall–Kier alpha value is -4.35. The van der Waals surface area contributed by atoms with Crippen LogP contribution in [0.1, 0.15) is 29.8 Å². The third-order valence-corrected chi connectivity index (χ3v) is 5.18. The Morgan fingerprint density at radius 2 is 1.85 bits per heavy atom. The number of nitrogens with two attached hydrogens (primary N) is 1. The van der Waals surface area contributed by atoms with Gasteiger partial charge in [0.05, 0.1) is 24.6 Å². The molecule has 2 atom stereocenters. The molecule has 4 rings (SSSR count). The number of pyridine rings is 2. The van der Waals surface area contributed by atoms with Crippen LogP contribution in [0.5, 0.6) is 0 Å². The number of primary amides is 1. The normalized spacial score (nSPS) is 17.3. The second-order valence-electron chi connectivity index (χ2n) is 7.62. The van der Waals surface area contributed by atoms with Gasteiger partial charge < -0.3 is 21.7 Å². The summed E-state index contributed by atoms with van der Waals surface area (Å²) in [5.41, 5.74) is 5.59. The van der Waals surface area contributed by atoms with Crippen molar-refractivity contribution < 1.29 is 9.59 Å². The van der Waals surface area contributed by atoms with Crippen LogP contribution in [0.25, 0.3) is 5.69 Å². The van der Waals surface area contributed by atoms with E-state index in [1.807, 2.05) is 12.1 Å². The first-order chi connectivity index (χ1) is 16.0. The fourth-order valence-corrected chi connectivity index (χ4v) is 3.59. The zero-order chi connectivity index (χ0) is 23.2. The highest BCUT2D eigenvalue weighted by Gasteiger charge is 2.25. The predicted molar refractivity (Wildman–Crippen MR) is 120 cm³/mol. The topological polar surface area (TPSA) is 170 Å². The van der Waals surface area contributed by atoms with Crippen LogP contribution in [0.3, 0.4) is 0 Å². The molecule has 1 fully saturated rings. The standard InChI is InChI=1S/C21H23N9O3/c22-17(31)12-24-20(33)16-11-25-21(29-28-16)27-14-5-4-13(9-14)26-18-7-6-15(10-23-18)30-8-2-1-3-19(30)32/h1-3,6-8,10-11,13-14H,4-5,9,12H2,(H2,22,31)(H,23,26)(H,24,33)(H,25,27,29)/t13-,14-/m0/s1. The maximum absolute atomic E-state index is 11.9. The van der Waals surface area contributed by atoms with Gasteiger partial charge in [0.1, 0.15) is 5.82 Å². The quantitative estimate of drug-likeness (QED) is 0.372. The summed E-state index contributed by atoms with van der Waals surface area (Å²) in [5.74, 6) is -0.161. The zero-order valence-electron chi connectivity index (χ0n) is 17.6. The number of aromatic nitrogens is 5. The molecule has 3 heterocycles. The number of carbonyl (C=O) groups excluding carboxylic acids is 2. The van der Waals surface area contributed by atoms with Crippen molar-refractivity contribution in [2.45, 2.75) is 31.3 Å². The van der Waals surface area contributed by atoms with E-state index in [9.17, 15) is 14.4 Å². The molecule has 0 unspecified atom stereocenters. The molecule has 0 aromatic carbocycles. The van der Waals surface area contributed by atoms with Gasteiger partial charge in [-0.25, -0.2) is 9.97 Å². The Bertz CT molecular complexity index is 1180. The lowest BCUT2D eigenvalue weighted by atomic mass is 10.2. The number of amides is 2. The molecular formula is C21H23N9O3. The Morgan fingerprint density at radius 1 is 1.03 bits per heavy atom. The number of carbonyl (C=O) groups is 2. The van der Waals surface area contributed by atoms with E-state index in [0.717, 1.165) is 25.1 Å². The van der Waals surface area contributed by atoms with E-state index in [0.29, 0.717) is 11.6 Å². The van der Waals surface area contributed by atoms with Gasteiger partial charge in [-0.1, -0.05) is 6.07 Å². The summed E-state index contributed by atoms with van der Waals surface area (Å²) in [7, 11) is 0. The van der Waals surface area contributed by atoms with E-state index >= 15 is 0 Å². The third kappa shape index (κ3) is 5.67. The van der Waals surface area contributed by atoms with Crippen molar-refractivity contribution in [3.63, 3.8) is 0 Å². The van der Waals surface area contributed by atoms with Crippen molar-refractivity contribution in [1.82, 2.24) is 30.0 Å². The number of nitrogens with one attached hydrogen (secondary N) is 3. The Morgan fingerprint density at radius 3 is 2.52 bits per heavy atom. The molecule has 33 heavy (non-hydrogen) atoms. The van der Waals surface area contributed by atoms with Gasteiger partial charge in [0.15, 0.2) is 5.69 Å². The minimum atomic E-state index is -0.648. The van der Waals surface area contributed by atoms with Gasteiger partial charge in [-0.15, -0.1) is 10.2 Å². The number of anilines is 2. The van der Waals surface area contributed by atoms with E-state index in [-0.39, 0.29) is 29.9 Å². The van der Waals surface area contributed by atoms with Crippen molar-refractivity contribution in [1.29, 1.82) is 0 Å². The van der Waals surface area contributed by atoms with Crippen LogP contribution >= 0.6 is 0 Å². The number of rotatable bonds is 8. The molecule has 2 amide bonds. The van der Waals surface area contributed by atoms with Crippen molar-refractivity contribution in [2.24, 2.45) is 5.73 Å². The highest BCUT2D eigenvalue weighted by atomic mass is 16.2. The minimum Gasteiger partial charge on any atom is -0.368 e. The molecule has 0 spiro atoms. The molecule has 0 radical (unpaired) electrons. The smallest absolute Gasteiger partial charge is 0.273 e. The molecule has 1 aliphatic rings. The monoisotopic (exact) mass is 449 g/mol. The van der Waals surface area contributed by atoms with Crippen LogP contribution in [0.15, 0.2) is 53.7 Å². The molecule has 1 saturated carbocycles. The number of hydrogen-bond acceptors (Lipinski definition) is 9. The van der Waals surface area contributed by atoms with E-state index in [1.165, 1.54) is 16.8 Å². The fourth-order valence-electron chi connectivity index (χ4n) is 3.59. The molecule has 0 saturated heterocycles. The largest absolute Gasteiger partial charge is 0.368 e. The van der Waals surface area contributed by atoms with Crippen molar-refractivity contribution in [2.75, 3.05) is 17.2 Å². The van der Waals surface area contributed by atoms with E-state index in [2.05, 4.69) is 36.1 Å². The summed E-state index contributed by atoms with van der Waals surface area (Å²) in [6.07, 6.45) is 7.32.